The minimum Gasteiger partial charge on any atom is -0.478 e. The van der Waals surface area contributed by atoms with E-state index in [-0.39, 0.29) is 11.1 Å². The highest BCUT2D eigenvalue weighted by Gasteiger charge is 2.16. The molecule has 1 aliphatic rings. The summed E-state index contributed by atoms with van der Waals surface area (Å²) in [6, 6.07) is 10.4. The van der Waals surface area contributed by atoms with E-state index in [9.17, 15) is 14.7 Å². The number of aryl methyl sites for hydroxylation is 1. The summed E-state index contributed by atoms with van der Waals surface area (Å²) in [5, 5.41) is 12.5. The third kappa shape index (κ3) is 4.13. The number of morpholine rings is 1. The third-order valence-electron chi connectivity index (χ3n) is 5.16. The van der Waals surface area contributed by atoms with Gasteiger partial charge in [0.1, 0.15) is 11.5 Å². The maximum absolute atomic E-state index is 12.7. The first-order valence-corrected chi connectivity index (χ1v) is 9.95. The molecule has 1 fully saturated rings. The van der Waals surface area contributed by atoms with Crippen LogP contribution in [0.1, 0.15) is 21.5 Å². The van der Waals surface area contributed by atoms with Crippen LogP contribution in [-0.2, 0) is 11.2 Å². The first-order chi connectivity index (χ1) is 14.5. The zero-order valence-corrected chi connectivity index (χ0v) is 16.8. The first kappa shape index (κ1) is 19.9. The number of benzene rings is 1. The normalized spacial score (nSPS) is 14.1. The molecule has 8 heteroatoms. The van der Waals surface area contributed by atoms with Crippen LogP contribution in [0.3, 0.4) is 0 Å². The van der Waals surface area contributed by atoms with Gasteiger partial charge in [-0.3, -0.25) is 9.20 Å². The number of carboxylic acids is 1. The molecule has 0 radical (unpaired) electrons. The molecular weight excluding hydrogens is 384 g/mol. The van der Waals surface area contributed by atoms with Gasteiger partial charge in [0, 0.05) is 37.6 Å². The van der Waals surface area contributed by atoms with E-state index in [0.29, 0.717) is 56.4 Å². The Hall–Kier alpha value is -3.39. The monoisotopic (exact) mass is 408 g/mol. The SMILES string of the molecule is Cc1cc(CCNc2ccccc2C(=O)O)c2nc(N3CCOCC3)cc(=O)n2c1. The number of rotatable bonds is 6. The lowest BCUT2D eigenvalue weighted by Crippen LogP contribution is -2.37. The maximum Gasteiger partial charge on any atom is 0.337 e. The molecule has 2 N–H and O–H groups in total. The van der Waals surface area contributed by atoms with Crippen molar-refractivity contribution in [2.24, 2.45) is 0 Å². The molecule has 3 aromatic rings. The molecule has 1 aliphatic heterocycles. The van der Waals surface area contributed by atoms with Crippen LogP contribution in [0, 0.1) is 6.92 Å². The molecule has 3 heterocycles. The van der Waals surface area contributed by atoms with E-state index in [2.05, 4.69) is 10.2 Å². The van der Waals surface area contributed by atoms with E-state index in [1.54, 1.807) is 40.9 Å². The number of ether oxygens (including phenoxy) is 1. The molecule has 0 atom stereocenters. The van der Waals surface area contributed by atoms with E-state index < -0.39 is 5.97 Å². The fourth-order valence-corrected chi connectivity index (χ4v) is 3.70. The van der Waals surface area contributed by atoms with E-state index in [0.717, 1.165) is 11.1 Å². The summed E-state index contributed by atoms with van der Waals surface area (Å²) in [5.41, 5.74) is 3.21. The number of carbonyl (C=O) groups is 1. The Balaban J connectivity index is 1.62. The molecule has 0 saturated carbocycles. The second-order valence-electron chi connectivity index (χ2n) is 7.32. The second kappa shape index (κ2) is 8.54. The van der Waals surface area contributed by atoms with Crippen LogP contribution < -0.4 is 15.8 Å². The Kier molecular flexibility index (Phi) is 5.67. The number of carboxylic acid groups (broad SMARTS) is 1. The minimum atomic E-state index is -0.970. The van der Waals surface area contributed by atoms with Gasteiger partial charge in [0.25, 0.3) is 5.56 Å². The lowest BCUT2D eigenvalue weighted by Gasteiger charge is -2.28. The number of nitrogens with one attached hydrogen (secondary N) is 1. The van der Waals surface area contributed by atoms with E-state index in [1.807, 2.05) is 13.0 Å². The molecule has 0 bridgehead atoms. The van der Waals surface area contributed by atoms with Gasteiger partial charge in [0.05, 0.1) is 18.8 Å². The van der Waals surface area contributed by atoms with Crippen molar-refractivity contribution in [3.05, 3.63) is 69.6 Å². The first-order valence-electron chi connectivity index (χ1n) is 9.95. The van der Waals surface area contributed by atoms with Crippen molar-refractivity contribution in [3.63, 3.8) is 0 Å². The number of nitrogens with zero attached hydrogens (tertiary/aromatic N) is 3. The van der Waals surface area contributed by atoms with Gasteiger partial charge in [-0.15, -0.1) is 0 Å². The maximum atomic E-state index is 12.7. The van der Waals surface area contributed by atoms with Crippen LogP contribution in [-0.4, -0.2) is 53.3 Å². The summed E-state index contributed by atoms with van der Waals surface area (Å²) in [6.07, 6.45) is 2.39. The predicted molar refractivity (Wildman–Crippen MR) is 115 cm³/mol. The molecule has 30 heavy (non-hydrogen) atoms. The molecule has 0 unspecified atom stereocenters. The van der Waals surface area contributed by atoms with Gasteiger partial charge >= 0.3 is 5.97 Å². The number of para-hydroxylation sites is 1. The van der Waals surface area contributed by atoms with Gasteiger partial charge in [-0.25, -0.2) is 9.78 Å². The molecule has 1 aromatic carbocycles. The van der Waals surface area contributed by atoms with Gasteiger partial charge in [-0.1, -0.05) is 18.2 Å². The van der Waals surface area contributed by atoms with Crippen molar-refractivity contribution < 1.29 is 14.6 Å². The summed E-state index contributed by atoms with van der Waals surface area (Å²) < 4.78 is 6.98. The Morgan fingerprint density at radius 1 is 1.23 bits per heavy atom. The van der Waals surface area contributed by atoms with Gasteiger partial charge in [-0.05, 0) is 36.6 Å². The lowest BCUT2D eigenvalue weighted by molar-refractivity contribution is 0.0698. The molecule has 1 saturated heterocycles. The van der Waals surface area contributed by atoms with Crippen LogP contribution in [0.5, 0.6) is 0 Å². The standard InChI is InChI=1S/C22H24N4O4/c1-15-12-16(6-7-23-18-5-3-2-4-17(18)22(28)29)21-24-19(13-20(27)26(21)14-15)25-8-10-30-11-9-25/h2-5,12-14,23H,6-11H2,1H3,(H,28,29). The van der Waals surface area contributed by atoms with Gasteiger partial charge in [0.15, 0.2) is 0 Å². The smallest absolute Gasteiger partial charge is 0.337 e. The largest absolute Gasteiger partial charge is 0.478 e. The van der Waals surface area contributed by atoms with Crippen molar-refractivity contribution in [1.82, 2.24) is 9.38 Å². The zero-order chi connectivity index (χ0) is 21.1. The molecule has 0 amide bonds. The van der Waals surface area contributed by atoms with E-state index >= 15 is 0 Å². The fraction of sp³-hybridized carbons (Fsp3) is 0.318. The van der Waals surface area contributed by atoms with Crippen LogP contribution >= 0.6 is 0 Å². The number of hydrogen-bond donors (Lipinski definition) is 2. The summed E-state index contributed by atoms with van der Waals surface area (Å²) in [7, 11) is 0. The van der Waals surface area contributed by atoms with Crippen LogP contribution in [0.4, 0.5) is 11.5 Å². The Bertz CT molecular complexity index is 1140. The zero-order valence-electron chi connectivity index (χ0n) is 16.8. The van der Waals surface area contributed by atoms with Crippen molar-refractivity contribution in [2.45, 2.75) is 13.3 Å². The average molecular weight is 408 g/mol. The number of pyridine rings is 1. The van der Waals surface area contributed by atoms with E-state index in [1.165, 1.54) is 0 Å². The third-order valence-corrected chi connectivity index (χ3v) is 5.16. The molecule has 0 aliphatic carbocycles. The molecule has 8 nitrogen and oxygen atoms in total. The highest BCUT2D eigenvalue weighted by atomic mass is 16.5. The molecular formula is C22H24N4O4. The lowest BCUT2D eigenvalue weighted by atomic mass is 10.1. The van der Waals surface area contributed by atoms with Gasteiger partial charge < -0.3 is 20.1 Å². The van der Waals surface area contributed by atoms with Crippen molar-refractivity contribution in [2.75, 3.05) is 43.1 Å². The Labute approximate surface area is 173 Å². The summed E-state index contributed by atoms with van der Waals surface area (Å²) >= 11 is 0. The van der Waals surface area contributed by atoms with Gasteiger partial charge in [0.2, 0.25) is 0 Å². The van der Waals surface area contributed by atoms with Crippen LogP contribution in [0.25, 0.3) is 5.65 Å². The quantitative estimate of drug-likeness (QED) is 0.645. The fourth-order valence-electron chi connectivity index (χ4n) is 3.70. The van der Waals surface area contributed by atoms with Crippen LogP contribution in [0.2, 0.25) is 0 Å². The number of aromatic carboxylic acids is 1. The van der Waals surface area contributed by atoms with Crippen molar-refractivity contribution >= 4 is 23.1 Å². The van der Waals surface area contributed by atoms with E-state index in [4.69, 9.17) is 9.72 Å². The molecule has 2 aromatic heterocycles. The number of anilines is 2. The number of aromatic nitrogens is 2. The van der Waals surface area contributed by atoms with Gasteiger partial charge in [-0.2, -0.15) is 0 Å². The summed E-state index contributed by atoms with van der Waals surface area (Å²) in [4.78, 5) is 31.0. The topological polar surface area (TPSA) is 96.2 Å². The summed E-state index contributed by atoms with van der Waals surface area (Å²) in [5.74, 6) is -0.305. The summed E-state index contributed by atoms with van der Waals surface area (Å²) in [6.45, 7) is 5.11. The van der Waals surface area contributed by atoms with Crippen molar-refractivity contribution in [3.8, 4) is 0 Å². The predicted octanol–water partition coefficient (Wildman–Crippen LogP) is 2.19. The Morgan fingerprint density at radius 3 is 2.77 bits per heavy atom. The Morgan fingerprint density at radius 2 is 2.00 bits per heavy atom. The van der Waals surface area contributed by atoms with Crippen LogP contribution in [0.15, 0.2) is 47.4 Å². The number of fused-ring (bicyclic) bond motifs is 1. The molecule has 4 rings (SSSR count). The molecule has 0 spiro atoms. The van der Waals surface area contributed by atoms with Crippen molar-refractivity contribution in [1.29, 1.82) is 0 Å². The second-order valence-corrected chi connectivity index (χ2v) is 7.32. The molecule has 156 valence electrons. The highest BCUT2D eigenvalue weighted by Crippen LogP contribution is 2.18. The minimum absolute atomic E-state index is 0.115. The number of hydrogen-bond acceptors (Lipinski definition) is 6. The average Bonchev–Trinajstić information content (AvgIpc) is 2.75. The highest BCUT2D eigenvalue weighted by molar-refractivity contribution is 5.94.